The summed E-state index contributed by atoms with van der Waals surface area (Å²) in [5.41, 5.74) is 1.93. The Balaban J connectivity index is 0.000000531. The highest BCUT2D eigenvalue weighted by molar-refractivity contribution is 5.88. The maximum atomic E-state index is 4.35. The van der Waals surface area contributed by atoms with Gasteiger partial charge in [0, 0.05) is 24.3 Å². The van der Waals surface area contributed by atoms with Gasteiger partial charge in [0.1, 0.15) is 5.52 Å². The summed E-state index contributed by atoms with van der Waals surface area (Å²) >= 11 is 0. The third-order valence-electron chi connectivity index (χ3n) is 1.95. The van der Waals surface area contributed by atoms with E-state index in [9.17, 15) is 0 Å². The van der Waals surface area contributed by atoms with Gasteiger partial charge in [-0.3, -0.25) is 4.98 Å². The van der Waals surface area contributed by atoms with E-state index in [-0.39, 0.29) is 0 Å². The predicted molar refractivity (Wildman–Crippen MR) is 65.2 cm³/mol. The largest absolute Gasteiger partial charge is 0.371 e. The number of anilines is 1. The van der Waals surface area contributed by atoms with Gasteiger partial charge in [0.25, 0.3) is 0 Å². The van der Waals surface area contributed by atoms with Crippen molar-refractivity contribution in [2.45, 2.75) is 20.8 Å². The molecule has 0 amide bonds. The summed E-state index contributed by atoms with van der Waals surface area (Å²) in [6, 6.07) is 6.00. The zero-order valence-electron chi connectivity index (χ0n) is 9.70. The van der Waals surface area contributed by atoms with Gasteiger partial charge in [0.2, 0.25) is 0 Å². The Morgan fingerprint density at radius 2 is 2.00 bits per heavy atom. The summed E-state index contributed by atoms with van der Waals surface area (Å²) in [7, 11) is 1.86. The minimum absolute atomic E-state index is 0.843. The standard InChI is InChI=1S/C10H11N3.C2H6/c1-7-6-8-4-3-5-12-9(8)10(11-2)13-7;1-2/h3-6H,1-2H3,(H,11,13);1-2H3. The van der Waals surface area contributed by atoms with Crippen molar-refractivity contribution in [1.82, 2.24) is 9.97 Å². The van der Waals surface area contributed by atoms with E-state index in [0.29, 0.717) is 0 Å². The van der Waals surface area contributed by atoms with Gasteiger partial charge >= 0.3 is 0 Å². The lowest BCUT2D eigenvalue weighted by Gasteiger charge is -2.04. The third kappa shape index (κ3) is 2.43. The molecule has 2 rings (SSSR count). The van der Waals surface area contributed by atoms with Crippen LogP contribution >= 0.6 is 0 Å². The molecular weight excluding hydrogens is 186 g/mol. The Kier molecular flexibility index (Phi) is 4.03. The average Bonchev–Trinajstić information content (AvgIpc) is 2.30. The topological polar surface area (TPSA) is 37.8 Å². The third-order valence-corrected chi connectivity index (χ3v) is 1.95. The molecule has 0 aromatic carbocycles. The first kappa shape index (κ1) is 11.4. The van der Waals surface area contributed by atoms with Crippen molar-refractivity contribution >= 4 is 16.7 Å². The van der Waals surface area contributed by atoms with Gasteiger partial charge in [-0.2, -0.15) is 0 Å². The summed E-state index contributed by atoms with van der Waals surface area (Å²) < 4.78 is 0. The number of pyridine rings is 2. The fourth-order valence-corrected chi connectivity index (χ4v) is 1.39. The van der Waals surface area contributed by atoms with E-state index < -0.39 is 0 Å². The fraction of sp³-hybridized carbons (Fsp3) is 0.333. The molecule has 3 heteroatoms. The fourth-order valence-electron chi connectivity index (χ4n) is 1.39. The molecule has 0 saturated carbocycles. The van der Waals surface area contributed by atoms with Gasteiger partial charge in [-0.1, -0.05) is 19.9 Å². The molecule has 2 aromatic heterocycles. The number of aryl methyl sites for hydroxylation is 1. The average molecular weight is 203 g/mol. The quantitative estimate of drug-likeness (QED) is 0.774. The van der Waals surface area contributed by atoms with Crippen LogP contribution in [0.3, 0.4) is 0 Å². The second kappa shape index (κ2) is 5.29. The number of fused-ring (bicyclic) bond motifs is 1. The molecule has 0 bridgehead atoms. The monoisotopic (exact) mass is 203 g/mol. The van der Waals surface area contributed by atoms with Gasteiger partial charge in [-0.25, -0.2) is 4.98 Å². The highest BCUT2D eigenvalue weighted by atomic mass is 15.0. The Hall–Kier alpha value is -1.64. The SMILES string of the molecule is CC.CNc1nc(C)cc2cccnc12. The number of nitrogens with one attached hydrogen (secondary N) is 1. The first-order valence-corrected chi connectivity index (χ1v) is 5.21. The van der Waals surface area contributed by atoms with Crippen molar-refractivity contribution in [3.63, 3.8) is 0 Å². The molecule has 3 nitrogen and oxygen atoms in total. The first-order valence-electron chi connectivity index (χ1n) is 5.21. The first-order chi connectivity index (χ1) is 7.31. The van der Waals surface area contributed by atoms with E-state index >= 15 is 0 Å². The number of aromatic nitrogens is 2. The number of rotatable bonds is 1. The summed E-state index contributed by atoms with van der Waals surface area (Å²) in [6.07, 6.45) is 1.78. The molecule has 0 spiro atoms. The molecule has 0 radical (unpaired) electrons. The van der Waals surface area contributed by atoms with Crippen molar-refractivity contribution in [2.75, 3.05) is 12.4 Å². The van der Waals surface area contributed by atoms with Crippen molar-refractivity contribution in [3.05, 3.63) is 30.1 Å². The minimum atomic E-state index is 0.843. The van der Waals surface area contributed by atoms with Crippen LogP contribution in [-0.2, 0) is 0 Å². The highest BCUT2D eigenvalue weighted by Crippen LogP contribution is 2.18. The Morgan fingerprint density at radius 3 is 2.67 bits per heavy atom. The molecule has 80 valence electrons. The minimum Gasteiger partial charge on any atom is -0.371 e. The van der Waals surface area contributed by atoms with Gasteiger partial charge < -0.3 is 5.32 Å². The second-order valence-electron chi connectivity index (χ2n) is 2.94. The number of nitrogens with zero attached hydrogens (tertiary/aromatic N) is 2. The van der Waals surface area contributed by atoms with E-state index in [2.05, 4.69) is 15.3 Å². The summed E-state index contributed by atoms with van der Waals surface area (Å²) in [5.74, 6) is 0.843. The van der Waals surface area contributed by atoms with Crippen LogP contribution in [0.2, 0.25) is 0 Å². The molecule has 0 aliphatic rings. The molecule has 2 heterocycles. The van der Waals surface area contributed by atoms with Gasteiger partial charge in [-0.15, -0.1) is 0 Å². The molecule has 0 atom stereocenters. The van der Waals surface area contributed by atoms with Crippen LogP contribution in [0.25, 0.3) is 10.9 Å². The van der Waals surface area contributed by atoms with Crippen LogP contribution in [-0.4, -0.2) is 17.0 Å². The number of hydrogen-bond donors (Lipinski definition) is 1. The van der Waals surface area contributed by atoms with Crippen molar-refractivity contribution in [1.29, 1.82) is 0 Å². The van der Waals surface area contributed by atoms with Crippen LogP contribution in [0.4, 0.5) is 5.82 Å². The van der Waals surface area contributed by atoms with Gasteiger partial charge in [0.15, 0.2) is 5.82 Å². The Morgan fingerprint density at radius 1 is 1.27 bits per heavy atom. The maximum Gasteiger partial charge on any atom is 0.152 e. The lowest BCUT2D eigenvalue weighted by Crippen LogP contribution is -1.96. The molecule has 0 unspecified atom stereocenters. The summed E-state index contributed by atoms with van der Waals surface area (Å²) in [5, 5.41) is 4.16. The summed E-state index contributed by atoms with van der Waals surface area (Å²) in [4.78, 5) is 8.61. The normalized spacial score (nSPS) is 9.33. The number of hydrogen-bond acceptors (Lipinski definition) is 3. The Bertz CT molecular complexity index is 438. The molecule has 0 aliphatic carbocycles. The molecule has 0 saturated heterocycles. The molecule has 1 N–H and O–H groups in total. The predicted octanol–water partition coefficient (Wildman–Crippen LogP) is 3.01. The second-order valence-corrected chi connectivity index (χ2v) is 2.94. The van der Waals surface area contributed by atoms with E-state index in [1.54, 1.807) is 6.20 Å². The van der Waals surface area contributed by atoms with E-state index in [0.717, 1.165) is 22.4 Å². The molecule has 2 aromatic rings. The van der Waals surface area contributed by atoms with Crippen molar-refractivity contribution in [2.24, 2.45) is 0 Å². The van der Waals surface area contributed by atoms with E-state index in [1.807, 2.05) is 46.0 Å². The molecule has 0 fully saturated rings. The maximum absolute atomic E-state index is 4.35. The highest BCUT2D eigenvalue weighted by Gasteiger charge is 2.01. The van der Waals surface area contributed by atoms with Gasteiger partial charge in [0.05, 0.1) is 0 Å². The van der Waals surface area contributed by atoms with Crippen molar-refractivity contribution in [3.8, 4) is 0 Å². The van der Waals surface area contributed by atoms with Crippen LogP contribution < -0.4 is 5.32 Å². The Labute approximate surface area is 90.6 Å². The lowest BCUT2D eigenvalue weighted by atomic mass is 10.2. The van der Waals surface area contributed by atoms with Crippen molar-refractivity contribution < 1.29 is 0 Å². The smallest absolute Gasteiger partial charge is 0.152 e. The lowest BCUT2D eigenvalue weighted by molar-refractivity contribution is 1.19. The van der Waals surface area contributed by atoms with Gasteiger partial charge in [-0.05, 0) is 19.1 Å². The zero-order chi connectivity index (χ0) is 11.3. The molecule has 15 heavy (non-hydrogen) atoms. The zero-order valence-corrected chi connectivity index (χ0v) is 9.70. The van der Waals surface area contributed by atoms with Crippen LogP contribution in [0.5, 0.6) is 0 Å². The van der Waals surface area contributed by atoms with E-state index in [4.69, 9.17) is 0 Å². The molecular formula is C12H17N3. The summed E-state index contributed by atoms with van der Waals surface area (Å²) in [6.45, 7) is 5.98. The molecule has 0 aliphatic heterocycles. The van der Waals surface area contributed by atoms with Crippen LogP contribution in [0.1, 0.15) is 19.5 Å². The van der Waals surface area contributed by atoms with E-state index in [1.165, 1.54) is 0 Å². The van der Waals surface area contributed by atoms with Crippen LogP contribution in [0.15, 0.2) is 24.4 Å². The van der Waals surface area contributed by atoms with Crippen LogP contribution in [0, 0.1) is 6.92 Å².